The molecule has 1 rings (SSSR count). The summed E-state index contributed by atoms with van der Waals surface area (Å²) in [6.45, 7) is 2.93. The van der Waals surface area contributed by atoms with Crippen molar-refractivity contribution in [3.05, 3.63) is 11.6 Å². The molecule has 2 N–H and O–H groups in total. The van der Waals surface area contributed by atoms with Crippen molar-refractivity contribution in [2.24, 2.45) is 0 Å². The smallest absolute Gasteiger partial charge is 0.189 e. The first-order chi connectivity index (χ1) is 4.46. The van der Waals surface area contributed by atoms with E-state index in [1.54, 1.807) is 6.92 Å². The highest BCUT2D eigenvalue weighted by atomic mass is 16.3. The van der Waals surface area contributed by atoms with Crippen LogP contribution >= 0.6 is 0 Å². The van der Waals surface area contributed by atoms with Crippen LogP contribution in [0.15, 0.2) is 11.6 Å². The molecule has 0 radical (unpaired) electrons. The van der Waals surface area contributed by atoms with Gasteiger partial charge < -0.3 is 10.2 Å². The number of aliphatic hydroxyl groups is 2. The molecule has 3 nitrogen and oxygen atoms in total. The van der Waals surface area contributed by atoms with Gasteiger partial charge in [0, 0.05) is 0 Å². The van der Waals surface area contributed by atoms with Crippen molar-refractivity contribution in [1.29, 1.82) is 0 Å². The molecule has 56 valence electrons. The third-order valence-corrected chi connectivity index (χ3v) is 1.82. The molecule has 0 aromatic carbocycles. The Labute approximate surface area is 59.0 Å². The quantitative estimate of drug-likeness (QED) is 0.485. The molecule has 1 aliphatic rings. The van der Waals surface area contributed by atoms with Crippen LogP contribution in [0.25, 0.3) is 0 Å². The highest BCUT2D eigenvalue weighted by molar-refractivity contribution is 6.01. The van der Waals surface area contributed by atoms with Crippen molar-refractivity contribution in [1.82, 2.24) is 0 Å². The number of hydrogen-bond acceptors (Lipinski definition) is 3. The van der Waals surface area contributed by atoms with Crippen molar-refractivity contribution in [2.75, 3.05) is 0 Å². The van der Waals surface area contributed by atoms with E-state index in [-0.39, 0.29) is 0 Å². The van der Waals surface area contributed by atoms with Gasteiger partial charge in [0.25, 0.3) is 0 Å². The van der Waals surface area contributed by atoms with Crippen LogP contribution in [0.5, 0.6) is 0 Å². The molecule has 0 saturated carbocycles. The Morgan fingerprint density at radius 2 is 2.20 bits per heavy atom. The summed E-state index contributed by atoms with van der Waals surface area (Å²) in [5, 5.41) is 18.4. The summed E-state index contributed by atoms with van der Waals surface area (Å²) < 4.78 is 0. The van der Waals surface area contributed by atoms with Gasteiger partial charge in [-0.05, 0) is 25.5 Å². The second kappa shape index (κ2) is 1.90. The molecule has 0 spiro atoms. The second-order valence-electron chi connectivity index (χ2n) is 2.80. The fourth-order valence-corrected chi connectivity index (χ4v) is 1.01. The summed E-state index contributed by atoms with van der Waals surface area (Å²) in [5.74, 6) is -0.419. The number of carbonyl (C=O) groups is 1. The Bertz CT molecular complexity index is 203. The van der Waals surface area contributed by atoms with Gasteiger partial charge in [0.1, 0.15) is 6.10 Å². The Balaban J connectivity index is 2.98. The van der Waals surface area contributed by atoms with Crippen molar-refractivity contribution >= 4 is 5.78 Å². The highest BCUT2D eigenvalue weighted by Gasteiger charge is 2.42. The van der Waals surface area contributed by atoms with Gasteiger partial charge in [0.05, 0.1) is 0 Å². The Hall–Kier alpha value is -0.670. The largest absolute Gasteiger partial charge is 0.385 e. The van der Waals surface area contributed by atoms with Crippen molar-refractivity contribution in [3.63, 3.8) is 0 Å². The average Bonchev–Trinajstić information content (AvgIpc) is 1.97. The zero-order chi connectivity index (χ0) is 7.94. The van der Waals surface area contributed by atoms with Gasteiger partial charge in [-0.3, -0.25) is 4.79 Å². The molecule has 1 aliphatic carbocycles. The maximum absolute atomic E-state index is 10.8. The first kappa shape index (κ1) is 7.44. The molecule has 10 heavy (non-hydrogen) atoms. The van der Waals surface area contributed by atoms with Crippen LogP contribution in [-0.2, 0) is 4.79 Å². The zero-order valence-electron chi connectivity index (χ0n) is 5.96. The molecular weight excluding hydrogens is 132 g/mol. The van der Waals surface area contributed by atoms with E-state index in [2.05, 4.69) is 0 Å². The minimum absolute atomic E-state index is 0.419. The lowest BCUT2D eigenvalue weighted by Gasteiger charge is -2.20. The molecule has 0 amide bonds. The number of aliphatic hydroxyl groups excluding tert-OH is 1. The summed E-state index contributed by atoms with van der Waals surface area (Å²) in [5.41, 5.74) is -1.07. The van der Waals surface area contributed by atoms with Gasteiger partial charge in [-0.1, -0.05) is 0 Å². The molecule has 0 aromatic heterocycles. The van der Waals surface area contributed by atoms with E-state index in [4.69, 9.17) is 5.11 Å². The highest BCUT2D eigenvalue weighted by Crippen LogP contribution is 2.25. The van der Waals surface area contributed by atoms with E-state index in [0.717, 1.165) is 0 Å². The van der Waals surface area contributed by atoms with Gasteiger partial charge in [-0.2, -0.15) is 0 Å². The third kappa shape index (κ3) is 0.786. The predicted molar refractivity (Wildman–Crippen MR) is 35.4 cm³/mol. The predicted octanol–water partition coefficient (Wildman–Crippen LogP) is -0.373. The van der Waals surface area contributed by atoms with Gasteiger partial charge >= 0.3 is 0 Å². The van der Waals surface area contributed by atoms with E-state index in [0.29, 0.717) is 5.57 Å². The summed E-state index contributed by atoms with van der Waals surface area (Å²) in [6, 6.07) is 0. The molecule has 0 fully saturated rings. The number of hydrogen-bond donors (Lipinski definition) is 2. The second-order valence-corrected chi connectivity index (χ2v) is 2.80. The number of ketones is 1. The Morgan fingerprint density at radius 3 is 2.30 bits per heavy atom. The minimum atomic E-state index is -1.59. The fourth-order valence-electron chi connectivity index (χ4n) is 1.01. The van der Waals surface area contributed by atoms with E-state index in [1.807, 2.05) is 0 Å². The van der Waals surface area contributed by atoms with Gasteiger partial charge in [0.15, 0.2) is 11.4 Å². The Morgan fingerprint density at radius 1 is 1.70 bits per heavy atom. The SMILES string of the molecule is CC1=CC(=O)C(C)(O)C1O. The normalized spacial score (nSPS) is 40.2. The van der Waals surface area contributed by atoms with E-state index >= 15 is 0 Å². The Kier molecular flexibility index (Phi) is 1.42. The van der Waals surface area contributed by atoms with Crippen molar-refractivity contribution in [3.8, 4) is 0 Å². The van der Waals surface area contributed by atoms with Crippen molar-refractivity contribution < 1.29 is 15.0 Å². The number of carbonyl (C=O) groups excluding carboxylic acids is 1. The average molecular weight is 142 g/mol. The topological polar surface area (TPSA) is 57.5 Å². The summed E-state index contributed by atoms with van der Waals surface area (Å²) in [4.78, 5) is 10.8. The lowest BCUT2D eigenvalue weighted by Crippen LogP contribution is -2.41. The molecule has 0 aliphatic heterocycles. The molecule has 3 heteroatoms. The van der Waals surface area contributed by atoms with Crippen LogP contribution in [0.3, 0.4) is 0 Å². The third-order valence-electron chi connectivity index (χ3n) is 1.82. The van der Waals surface area contributed by atoms with Crippen LogP contribution in [0.1, 0.15) is 13.8 Å². The summed E-state index contributed by atoms with van der Waals surface area (Å²) in [6.07, 6.45) is 0.241. The van der Waals surface area contributed by atoms with Crippen LogP contribution in [0.2, 0.25) is 0 Å². The number of rotatable bonds is 0. The minimum Gasteiger partial charge on any atom is -0.385 e. The molecule has 0 heterocycles. The molecule has 2 unspecified atom stereocenters. The van der Waals surface area contributed by atoms with E-state index in [1.165, 1.54) is 13.0 Å². The summed E-state index contributed by atoms with van der Waals surface area (Å²) in [7, 11) is 0. The van der Waals surface area contributed by atoms with E-state index < -0.39 is 17.5 Å². The van der Waals surface area contributed by atoms with Crippen molar-refractivity contribution in [2.45, 2.75) is 25.6 Å². The molecular formula is C7H10O3. The van der Waals surface area contributed by atoms with Crippen LogP contribution < -0.4 is 0 Å². The monoisotopic (exact) mass is 142 g/mol. The molecule has 0 bridgehead atoms. The maximum Gasteiger partial charge on any atom is 0.189 e. The zero-order valence-corrected chi connectivity index (χ0v) is 5.96. The van der Waals surface area contributed by atoms with E-state index in [9.17, 15) is 9.90 Å². The standard InChI is InChI=1S/C7H10O3/c1-4-3-5(8)7(2,10)6(4)9/h3,6,9-10H,1-2H3. The van der Waals surface area contributed by atoms with Crippen LogP contribution in [0, 0.1) is 0 Å². The van der Waals surface area contributed by atoms with Gasteiger partial charge in [-0.25, -0.2) is 0 Å². The first-order valence-electron chi connectivity index (χ1n) is 3.09. The van der Waals surface area contributed by atoms with Gasteiger partial charge in [0.2, 0.25) is 0 Å². The first-order valence-corrected chi connectivity index (χ1v) is 3.09. The van der Waals surface area contributed by atoms with Gasteiger partial charge in [-0.15, -0.1) is 0 Å². The lowest BCUT2D eigenvalue weighted by atomic mass is 9.99. The molecule has 2 atom stereocenters. The molecule has 0 saturated heterocycles. The maximum atomic E-state index is 10.8. The molecule has 0 aromatic rings. The summed E-state index contributed by atoms with van der Waals surface area (Å²) >= 11 is 0. The fraction of sp³-hybridized carbons (Fsp3) is 0.571. The van der Waals surface area contributed by atoms with Crippen LogP contribution in [0.4, 0.5) is 0 Å². The lowest BCUT2D eigenvalue weighted by molar-refractivity contribution is -0.136. The van der Waals surface area contributed by atoms with Crippen LogP contribution in [-0.4, -0.2) is 27.7 Å².